The molecule has 0 N–H and O–H groups in total. The van der Waals surface area contributed by atoms with Gasteiger partial charge in [0.15, 0.2) is 11.5 Å². The topological polar surface area (TPSA) is 55.8 Å². The van der Waals surface area contributed by atoms with Crippen molar-refractivity contribution in [2.24, 2.45) is 0 Å². The molecule has 5 nitrogen and oxygen atoms in total. The highest BCUT2D eigenvalue weighted by Crippen LogP contribution is 2.38. The molecule has 0 bridgehead atoms. The van der Waals surface area contributed by atoms with Crippen LogP contribution in [-0.4, -0.2) is 22.7 Å². The van der Waals surface area contributed by atoms with Crippen molar-refractivity contribution < 1.29 is 23.5 Å². The third-order valence-corrected chi connectivity index (χ3v) is 7.72. The van der Waals surface area contributed by atoms with E-state index in [1.54, 1.807) is 18.2 Å². The van der Waals surface area contributed by atoms with Crippen LogP contribution in [0.25, 0.3) is 16.8 Å². The largest absolute Gasteiger partial charge is 0.490 e. The van der Waals surface area contributed by atoms with Crippen molar-refractivity contribution in [2.45, 2.75) is 20.1 Å². The minimum atomic E-state index is -0.381. The molecule has 2 amide bonds. The minimum Gasteiger partial charge on any atom is -0.490 e. The Morgan fingerprint density at radius 2 is 1.74 bits per heavy atom. The molecule has 0 unspecified atom stereocenters. The third-order valence-electron chi connectivity index (χ3n) is 6.01. The van der Waals surface area contributed by atoms with Crippen molar-refractivity contribution in [2.75, 3.05) is 6.61 Å². The van der Waals surface area contributed by atoms with E-state index in [0.29, 0.717) is 35.2 Å². The lowest BCUT2D eigenvalue weighted by Crippen LogP contribution is -2.27. The molecule has 0 spiro atoms. The summed E-state index contributed by atoms with van der Waals surface area (Å²) < 4.78 is 26.2. The molecule has 1 heterocycles. The van der Waals surface area contributed by atoms with Crippen LogP contribution in [0.5, 0.6) is 11.5 Å². The summed E-state index contributed by atoms with van der Waals surface area (Å²) in [5.74, 6) is 0.444. The Balaban J connectivity index is 1.38. The third kappa shape index (κ3) is 5.71. The molecule has 0 aliphatic carbocycles. The fourth-order valence-electron chi connectivity index (χ4n) is 4.20. The zero-order valence-corrected chi connectivity index (χ0v) is 23.4. The number of nitrogens with zero attached hydrogens (tertiary/aromatic N) is 1. The molecule has 0 atom stereocenters. The van der Waals surface area contributed by atoms with Crippen molar-refractivity contribution >= 4 is 62.3 Å². The lowest BCUT2D eigenvalue weighted by atomic mass is 10.1. The minimum absolute atomic E-state index is 0.0883. The lowest BCUT2D eigenvalue weighted by molar-refractivity contribution is -0.123. The molecular formula is C30H23FINO4S. The Morgan fingerprint density at radius 1 is 0.974 bits per heavy atom. The number of fused-ring (bicyclic) bond motifs is 1. The van der Waals surface area contributed by atoms with E-state index in [0.717, 1.165) is 37.2 Å². The summed E-state index contributed by atoms with van der Waals surface area (Å²) >= 11 is 3.08. The van der Waals surface area contributed by atoms with E-state index in [1.807, 2.05) is 43.3 Å². The summed E-state index contributed by atoms with van der Waals surface area (Å²) in [6.07, 6.45) is 1.69. The molecule has 1 fully saturated rings. The Hall–Kier alpha value is -3.37. The van der Waals surface area contributed by atoms with Crippen LogP contribution in [-0.2, 0) is 17.9 Å². The first-order valence-electron chi connectivity index (χ1n) is 12.0. The number of ether oxygens (including phenoxy) is 2. The number of carbonyl (C=O) groups excluding carboxylic acids is 2. The van der Waals surface area contributed by atoms with E-state index in [1.165, 1.54) is 17.0 Å². The Bertz CT molecular complexity index is 1550. The molecule has 38 heavy (non-hydrogen) atoms. The fourth-order valence-corrected chi connectivity index (χ4v) is 5.82. The number of hydrogen-bond acceptors (Lipinski definition) is 5. The van der Waals surface area contributed by atoms with Gasteiger partial charge in [0.05, 0.1) is 21.6 Å². The van der Waals surface area contributed by atoms with Gasteiger partial charge in [0.1, 0.15) is 12.4 Å². The summed E-state index contributed by atoms with van der Waals surface area (Å²) in [5.41, 5.74) is 2.47. The van der Waals surface area contributed by atoms with Gasteiger partial charge >= 0.3 is 0 Å². The van der Waals surface area contributed by atoms with Gasteiger partial charge in [-0.1, -0.05) is 54.6 Å². The number of halogens is 2. The second-order valence-corrected chi connectivity index (χ2v) is 10.7. The predicted molar refractivity (Wildman–Crippen MR) is 157 cm³/mol. The number of benzene rings is 4. The molecule has 0 radical (unpaired) electrons. The molecule has 0 aromatic heterocycles. The van der Waals surface area contributed by atoms with Crippen molar-refractivity contribution in [3.8, 4) is 11.5 Å². The maximum atomic E-state index is 13.2. The zero-order chi connectivity index (χ0) is 26.6. The first-order chi connectivity index (χ1) is 18.4. The maximum absolute atomic E-state index is 13.2. The smallest absolute Gasteiger partial charge is 0.293 e. The first-order valence-corrected chi connectivity index (χ1v) is 13.9. The standard InChI is InChI=1S/C30H23FINO4S/c1-2-36-26-15-20(16-27-29(34)33(30(35)38-27)17-19-10-12-23(31)13-11-19)14-25(32)28(26)37-18-22-8-5-7-21-6-3-4-9-24(21)22/h3-16H,2,17-18H2,1H3/b27-16+. The SMILES string of the molecule is CCOc1cc(/C=C2/SC(=O)N(Cc3ccc(F)cc3)C2=O)cc(I)c1OCc1cccc2ccccc12. The van der Waals surface area contributed by atoms with Crippen LogP contribution >= 0.6 is 34.4 Å². The molecule has 4 aromatic carbocycles. The monoisotopic (exact) mass is 639 g/mol. The van der Waals surface area contributed by atoms with Crippen LogP contribution in [0.2, 0.25) is 0 Å². The average Bonchev–Trinajstić information content (AvgIpc) is 3.17. The number of carbonyl (C=O) groups is 2. The molecule has 5 rings (SSSR count). The number of rotatable bonds is 8. The average molecular weight is 639 g/mol. The highest BCUT2D eigenvalue weighted by molar-refractivity contribution is 14.1. The Morgan fingerprint density at radius 3 is 2.53 bits per heavy atom. The van der Waals surface area contributed by atoms with E-state index in [4.69, 9.17) is 9.47 Å². The van der Waals surface area contributed by atoms with E-state index in [-0.39, 0.29) is 23.5 Å². The number of thioether (sulfide) groups is 1. The summed E-state index contributed by atoms with van der Waals surface area (Å²) in [6.45, 7) is 2.80. The molecule has 192 valence electrons. The summed E-state index contributed by atoms with van der Waals surface area (Å²) in [7, 11) is 0. The molecule has 1 saturated heterocycles. The van der Waals surface area contributed by atoms with Gasteiger partial charge in [0, 0.05) is 0 Å². The van der Waals surface area contributed by atoms with Gasteiger partial charge in [-0.05, 0) is 99.1 Å². The van der Waals surface area contributed by atoms with Crippen molar-refractivity contribution in [3.63, 3.8) is 0 Å². The van der Waals surface area contributed by atoms with Gasteiger partial charge in [-0.25, -0.2) is 4.39 Å². The van der Waals surface area contributed by atoms with Gasteiger partial charge in [-0.3, -0.25) is 14.5 Å². The van der Waals surface area contributed by atoms with Crippen LogP contribution in [0.1, 0.15) is 23.6 Å². The highest BCUT2D eigenvalue weighted by atomic mass is 127. The van der Waals surface area contributed by atoms with Crippen molar-refractivity contribution in [3.05, 3.63) is 110 Å². The van der Waals surface area contributed by atoms with Gasteiger partial charge in [-0.2, -0.15) is 0 Å². The fraction of sp³-hybridized carbons (Fsp3) is 0.133. The summed E-state index contributed by atoms with van der Waals surface area (Å²) in [6, 6.07) is 23.8. The Labute approximate surface area is 237 Å². The molecular weight excluding hydrogens is 616 g/mol. The number of imide groups is 1. The predicted octanol–water partition coefficient (Wildman–Crippen LogP) is 7.80. The van der Waals surface area contributed by atoms with E-state index >= 15 is 0 Å². The van der Waals surface area contributed by atoms with Crippen molar-refractivity contribution in [1.29, 1.82) is 0 Å². The zero-order valence-electron chi connectivity index (χ0n) is 20.4. The first kappa shape index (κ1) is 26.2. The summed E-state index contributed by atoms with van der Waals surface area (Å²) in [4.78, 5) is 27.1. The lowest BCUT2D eigenvalue weighted by Gasteiger charge is -2.16. The van der Waals surface area contributed by atoms with Crippen LogP contribution in [0.3, 0.4) is 0 Å². The van der Waals surface area contributed by atoms with Crippen LogP contribution in [0.15, 0.2) is 83.8 Å². The molecule has 1 aliphatic rings. The van der Waals surface area contributed by atoms with Crippen molar-refractivity contribution in [1.82, 2.24) is 4.90 Å². The van der Waals surface area contributed by atoms with Gasteiger partial charge < -0.3 is 9.47 Å². The van der Waals surface area contributed by atoms with Crippen LogP contribution in [0, 0.1) is 9.39 Å². The van der Waals surface area contributed by atoms with Crippen LogP contribution in [0.4, 0.5) is 9.18 Å². The van der Waals surface area contributed by atoms with Gasteiger partial charge in [0.2, 0.25) is 0 Å². The van der Waals surface area contributed by atoms with Gasteiger partial charge in [-0.15, -0.1) is 0 Å². The second-order valence-electron chi connectivity index (χ2n) is 8.58. The highest BCUT2D eigenvalue weighted by Gasteiger charge is 2.35. The Kier molecular flexibility index (Phi) is 7.99. The van der Waals surface area contributed by atoms with E-state index in [9.17, 15) is 14.0 Å². The summed E-state index contributed by atoms with van der Waals surface area (Å²) in [5, 5.41) is 1.92. The van der Waals surface area contributed by atoms with Crippen LogP contribution < -0.4 is 9.47 Å². The molecule has 1 aliphatic heterocycles. The quantitative estimate of drug-likeness (QED) is 0.146. The number of hydrogen-bond donors (Lipinski definition) is 0. The maximum Gasteiger partial charge on any atom is 0.293 e. The molecule has 4 aromatic rings. The molecule has 0 saturated carbocycles. The van der Waals surface area contributed by atoms with E-state index < -0.39 is 0 Å². The van der Waals surface area contributed by atoms with Gasteiger partial charge in [0.25, 0.3) is 11.1 Å². The second kappa shape index (κ2) is 11.6. The normalized spacial score (nSPS) is 14.5. The van der Waals surface area contributed by atoms with E-state index in [2.05, 4.69) is 40.8 Å². The number of amides is 2. The molecule has 8 heteroatoms.